The van der Waals surface area contributed by atoms with Crippen molar-refractivity contribution in [2.45, 2.75) is 19.4 Å². The summed E-state index contributed by atoms with van der Waals surface area (Å²) in [4.78, 5) is 18.4. The SMILES string of the molecule is C=CC(=O)N1Cc2cc(Cl)c(Cl)cc2[C@@H](c2ncccc2C)C1. The van der Waals surface area contributed by atoms with Crippen LogP contribution in [-0.4, -0.2) is 22.3 Å². The van der Waals surface area contributed by atoms with Gasteiger partial charge in [0.15, 0.2) is 0 Å². The fraction of sp³-hybridized carbons (Fsp3) is 0.222. The van der Waals surface area contributed by atoms with Crippen LogP contribution in [0.15, 0.2) is 43.1 Å². The van der Waals surface area contributed by atoms with Crippen LogP contribution in [0.2, 0.25) is 10.0 Å². The van der Waals surface area contributed by atoms with Crippen molar-refractivity contribution >= 4 is 29.1 Å². The van der Waals surface area contributed by atoms with Gasteiger partial charge in [0, 0.05) is 25.2 Å². The van der Waals surface area contributed by atoms with Gasteiger partial charge in [-0.15, -0.1) is 0 Å². The fourth-order valence-corrected chi connectivity index (χ4v) is 3.41. The molecule has 23 heavy (non-hydrogen) atoms. The second-order valence-corrected chi connectivity index (χ2v) is 6.46. The van der Waals surface area contributed by atoms with Gasteiger partial charge >= 0.3 is 0 Å². The lowest BCUT2D eigenvalue weighted by Gasteiger charge is -2.34. The summed E-state index contributed by atoms with van der Waals surface area (Å²) in [6, 6.07) is 7.67. The van der Waals surface area contributed by atoms with Crippen molar-refractivity contribution < 1.29 is 4.79 Å². The van der Waals surface area contributed by atoms with Gasteiger partial charge in [0.2, 0.25) is 5.91 Å². The van der Waals surface area contributed by atoms with Crippen LogP contribution >= 0.6 is 23.2 Å². The highest BCUT2D eigenvalue weighted by Gasteiger charge is 2.30. The third kappa shape index (κ3) is 2.99. The molecule has 118 valence electrons. The van der Waals surface area contributed by atoms with Gasteiger partial charge in [-0.3, -0.25) is 9.78 Å². The van der Waals surface area contributed by atoms with Crippen LogP contribution < -0.4 is 0 Å². The summed E-state index contributed by atoms with van der Waals surface area (Å²) >= 11 is 12.4. The molecule has 3 rings (SSSR count). The first kappa shape index (κ1) is 16.0. The Balaban J connectivity index is 2.15. The summed E-state index contributed by atoms with van der Waals surface area (Å²) in [5.41, 5.74) is 4.11. The second-order valence-electron chi connectivity index (χ2n) is 5.65. The number of aryl methyl sites for hydroxylation is 1. The standard InChI is InChI=1S/C18H16Cl2N2O/c1-3-17(23)22-9-12-7-15(19)16(20)8-13(12)14(10-22)18-11(2)5-4-6-21-18/h3-8,14H,1,9-10H2,2H3/t14-/m0/s1. The molecular formula is C18H16Cl2N2O. The molecule has 0 fully saturated rings. The predicted molar refractivity (Wildman–Crippen MR) is 92.9 cm³/mol. The van der Waals surface area contributed by atoms with E-state index in [4.69, 9.17) is 23.2 Å². The van der Waals surface area contributed by atoms with E-state index in [1.54, 1.807) is 11.1 Å². The van der Waals surface area contributed by atoms with Crippen molar-refractivity contribution in [3.63, 3.8) is 0 Å². The molecule has 3 nitrogen and oxygen atoms in total. The lowest BCUT2D eigenvalue weighted by Crippen LogP contribution is -2.38. The molecule has 0 unspecified atom stereocenters. The number of pyridine rings is 1. The zero-order valence-electron chi connectivity index (χ0n) is 12.7. The summed E-state index contributed by atoms with van der Waals surface area (Å²) in [5.74, 6) is -0.126. The van der Waals surface area contributed by atoms with Crippen LogP contribution in [0.1, 0.15) is 28.3 Å². The Hall–Kier alpha value is -1.84. The van der Waals surface area contributed by atoms with E-state index in [0.29, 0.717) is 23.1 Å². The number of hydrogen-bond donors (Lipinski definition) is 0. The maximum atomic E-state index is 12.1. The van der Waals surface area contributed by atoms with Gasteiger partial charge in [-0.05, 0) is 47.9 Å². The van der Waals surface area contributed by atoms with Crippen molar-refractivity contribution in [1.29, 1.82) is 0 Å². The number of aromatic nitrogens is 1. The number of fused-ring (bicyclic) bond motifs is 1. The minimum Gasteiger partial charge on any atom is -0.334 e. The Bertz CT molecular complexity index is 789. The van der Waals surface area contributed by atoms with E-state index in [1.165, 1.54) is 6.08 Å². The maximum absolute atomic E-state index is 12.1. The number of amides is 1. The van der Waals surface area contributed by atoms with Crippen LogP contribution in [0.4, 0.5) is 0 Å². The van der Waals surface area contributed by atoms with Gasteiger partial charge < -0.3 is 4.90 Å². The molecule has 0 aliphatic carbocycles. The molecular weight excluding hydrogens is 331 g/mol. The molecule has 5 heteroatoms. The van der Waals surface area contributed by atoms with Crippen molar-refractivity contribution in [2.24, 2.45) is 0 Å². The smallest absolute Gasteiger partial charge is 0.246 e. The van der Waals surface area contributed by atoms with E-state index in [-0.39, 0.29) is 11.8 Å². The molecule has 0 bridgehead atoms. The third-order valence-electron chi connectivity index (χ3n) is 4.19. The Morgan fingerprint density at radius 2 is 2.13 bits per heavy atom. The third-order valence-corrected chi connectivity index (χ3v) is 4.91. The number of hydrogen-bond acceptors (Lipinski definition) is 2. The van der Waals surface area contributed by atoms with Crippen LogP contribution in [0.3, 0.4) is 0 Å². The van der Waals surface area contributed by atoms with E-state index in [9.17, 15) is 4.79 Å². The molecule has 1 aromatic carbocycles. The summed E-state index contributed by atoms with van der Waals surface area (Å²) < 4.78 is 0. The lowest BCUT2D eigenvalue weighted by atomic mass is 9.85. The van der Waals surface area contributed by atoms with Gasteiger partial charge in [0.05, 0.1) is 15.7 Å². The molecule has 2 aromatic rings. The molecule has 0 N–H and O–H groups in total. The summed E-state index contributed by atoms with van der Waals surface area (Å²) in [6.07, 6.45) is 3.11. The first-order valence-corrected chi connectivity index (χ1v) is 8.07. The number of nitrogens with zero attached hydrogens (tertiary/aromatic N) is 2. The Labute approximate surface area is 145 Å². The summed E-state index contributed by atoms with van der Waals surface area (Å²) in [7, 11) is 0. The Morgan fingerprint density at radius 3 is 2.83 bits per heavy atom. The molecule has 1 amide bonds. The van der Waals surface area contributed by atoms with Crippen molar-refractivity contribution in [3.05, 3.63) is 75.5 Å². The second kappa shape index (κ2) is 6.34. The molecule has 1 aliphatic heterocycles. The highest BCUT2D eigenvalue weighted by Crippen LogP contribution is 2.38. The van der Waals surface area contributed by atoms with Crippen LogP contribution in [0.5, 0.6) is 0 Å². The quantitative estimate of drug-likeness (QED) is 0.757. The maximum Gasteiger partial charge on any atom is 0.246 e. The fourth-order valence-electron chi connectivity index (χ4n) is 3.05. The van der Waals surface area contributed by atoms with Crippen LogP contribution in [0, 0.1) is 6.92 Å². The molecule has 0 radical (unpaired) electrons. The van der Waals surface area contributed by atoms with Gasteiger partial charge in [-0.2, -0.15) is 0 Å². The van der Waals surface area contributed by atoms with Gasteiger partial charge in [-0.1, -0.05) is 35.8 Å². The van der Waals surface area contributed by atoms with Crippen LogP contribution in [-0.2, 0) is 11.3 Å². The van der Waals surface area contributed by atoms with Crippen molar-refractivity contribution in [3.8, 4) is 0 Å². The van der Waals surface area contributed by atoms with Crippen LogP contribution in [0.25, 0.3) is 0 Å². The number of rotatable bonds is 2. The monoisotopic (exact) mass is 346 g/mol. The molecule has 0 spiro atoms. The van der Waals surface area contributed by atoms with E-state index < -0.39 is 0 Å². The highest BCUT2D eigenvalue weighted by molar-refractivity contribution is 6.42. The van der Waals surface area contributed by atoms with E-state index in [2.05, 4.69) is 11.6 Å². The normalized spacial score (nSPS) is 16.8. The molecule has 1 aliphatic rings. The topological polar surface area (TPSA) is 33.2 Å². The Morgan fingerprint density at radius 1 is 1.39 bits per heavy atom. The number of carbonyl (C=O) groups is 1. The molecule has 1 aromatic heterocycles. The van der Waals surface area contributed by atoms with Crippen molar-refractivity contribution in [1.82, 2.24) is 9.88 Å². The zero-order valence-corrected chi connectivity index (χ0v) is 14.2. The number of carbonyl (C=O) groups excluding carboxylic acids is 1. The number of halogens is 2. The minimum atomic E-state index is -0.0969. The lowest BCUT2D eigenvalue weighted by molar-refractivity contribution is -0.127. The molecule has 0 saturated carbocycles. The average Bonchev–Trinajstić information content (AvgIpc) is 2.55. The first-order valence-electron chi connectivity index (χ1n) is 7.32. The minimum absolute atomic E-state index is 0.0291. The molecule has 1 atom stereocenters. The molecule has 2 heterocycles. The van der Waals surface area contributed by atoms with E-state index in [1.807, 2.05) is 31.2 Å². The summed E-state index contributed by atoms with van der Waals surface area (Å²) in [5, 5.41) is 1.02. The highest BCUT2D eigenvalue weighted by atomic mass is 35.5. The van der Waals surface area contributed by atoms with Gasteiger partial charge in [0.1, 0.15) is 0 Å². The molecule has 0 saturated heterocycles. The number of benzene rings is 1. The van der Waals surface area contributed by atoms with Crippen molar-refractivity contribution in [2.75, 3.05) is 6.54 Å². The Kier molecular flexibility index (Phi) is 4.42. The van der Waals surface area contributed by atoms with Gasteiger partial charge in [0.25, 0.3) is 0 Å². The predicted octanol–water partition coefficient (Wildman–Crippen LogP) is 4.36. The van der Waals surface area contributed by atoms with E-state index in [0.717, 1.165) is 22.4 Å². The summed E-state index contributed by atoms with van der Waals surface area (Å²) in [6.45, 7) is 6.66. The van der Waals surface area contributed by atoms with Gasteiger partial charge in [-0.25, -0.2) is 0 Å². The first-order chi connectivity index (χ1) is 11.0. The zero-order chi connectivity index (χ0) is 16.6. The largest absolute Gasteiger partial charge is 0.334 e. The average molecular weight is 347 g/mol. The van der Waals surface area contributed by atoms with E-state index >= 15 is 0 Å².